The van der Waals surface area contributed by atoms with Gasteiger partial charge < -0.3 is 4.74 Å². The quantitative estimate of drug-likeness (QED) is 0.458. The summed E-state index contributed by atoms with van der Waals surface area (Å²) < 4.78 is 7.21. The smallest absolute Gasteiger partial charge is 0.210 e. The first-order valence-corrected chi connectivity index (χ1v) is 10.5. The van der Waals surface area contributed by atoms with Crippen LogP contribution < -0.4 is 0 Å². The molecule has 2 fully saturated rings. The lowest BCUT2D eigenvalue weighted by Gasteiger charge is -2.51. The van der Waals surface area contributed by atoms with Gasteiger partial charge in [0.25, 0.3) is 0 Å². The summed E-state index contributed by atoms with van der Waals surface area (Å²) in [6, 6.07) is 28.4. The van der Waals surface area contributed by atoms with Gasteiger partial charge in [0, 0.05) is 16.8 Å². The van der Waals surface area contributed by atoms with Crippen LogP contribution in [0.1, 0.15) is 22.3 Å². The monoisotopic (exact) mass is 406 g/mol. The van der Waals surface area contributed by atoms with Crippen LogP contribution in [0.4, 0.5) is 0 Å². The molecule has 3 aromatic rings. The van der Waals surface area contributed by atoms with E-state index in [0.717, 1.165) is 34.1 Å². The van der Waals surface area contributed by atoms with E-state index >= 15 is 0 Å². The predicted octanol–water partition coefficient (Wildman–Crippen LogP) is 4.89. The maximum absolute atomic E-state index is 11.9. The normalized spacial score (nSPS) is 29.5. The fourth-order valence-electron chi connectivity index (χ4n) is 5.72. The molecule has 3 aromatic carbocycles. The molecule has 1 saturated carbocycles. The third-order valence-corrected chi connectivity index (χ3v) is 6.83. The number of hydrogen-bond acceptors (Lipinski definition) is 3. The number of benzene rings is 3. The Kier molecular flexibility index (Phi) is 4.09. The fraction of sp³-hybridized carbons (Fsp3) is 0.148. The summed E-state index contributed by atoms with van der Waals surface area (Å²) >= 11 is 0. The van der Waals surface area contributed by atoms with Crippen molar-refractivity contribution in [2.75, 3.05) is 6.54 Å². The van der Waals surface area contributed by atoms with Crippen LogP contribution >= 0.6 is 0 Å². The average Bonchev–Trinajstić information content (AvgIpc) is 3.41. The van der Waals surface area contributed by atoms with Crippen molar-refractivity contribution in [2.24, 2.45) is 5.92 Å². The molecule has 151 valence electrons. The van der Waals surface area contributed by atoms with Crippen LogP contribution in [-0.2, 0) is 15.9 Å². The molecule has 3 aliphatic rings. The molecule has 0 N–H and O–H groups in total. The maximum atomic E-state index is 11.9. The molecule has 4 nitrogen and oxygen atoms in total. The van der Waals surface area contributed by atoms with Gasteiger partial charge in [-0.15, -0.1) is 0 Å². The molecule has 2 aliphatic heterocycles. The third kappa shape index (κ3) is 2.40. The fourth-order valence-corrected chi connectivity index (χ4v) is 5.72. The highest BCUT2D eigenvalue weighted by Gasteiger charge is 2.70. The highest BCUT2D eigenvalue weighted by molar-refractivity contribution is 5.68. The molecule has 31 heavy (non-hydrogen) atoms. The number of ether oxygens (including phenoxy) is 1. The first-order valence-electron chi connectivity index (χ1n) is 10.5. The predicted molar refractivity (Wildman–Crippen MR) is 117 cm³/mol. The molecule has 2 heterocycles. The van der Waals surface area contributed by atoms with Crippen LogP contribution in [0.5, 0.6) is 0 Å². The van der Waals surface area contributed by atoms with Crippen LogP contribution in [0.3, 0.4) is 0 Å². The first kappa shape index (κ1) is 18.8. The number of hydrogen-bond donors (Lipinski definition) is 0. The van der Waals surface area contributed by atoms with Crippen LogP contribution in [0, 0.1) is 47.1 Å². The molecule has 0 spiro atoms. The minimum atomic E-state index is -0.942. The van der Waals surface area contributed by atoms with Crippen molar-refractivity contribution < 1.29 is 9.66 Å². The summed E-state index contributed by atoms with van der Waals surface area (Å²) in [5.41, 5.74) is 2.30. The Morgan fingerprint density at radius 2 is 1.42 bits per heavy atom. The van der Waals surface area contributed by atoms with Gasteiger partial charge in [-0.05, 0) is 41.5 Å². The van der Waals surface area contributed by atoms with E-state index in [4.69, 9.17) is 4.74 Å². The van der Waals surface area contributed by atoms with Crippen molar-refractivity contribution in [2.45, 2.75) is 11.2 Å². The van der Waals surface area contributed by atoms with Gasteiger partial charge in [0.15, 0.2) is 0 Å². The summed E-state index contributed by atoms with van der Waals surface area (Å²) in [5, 5.41) is 11.9. The molecule has 5 radical (unpaired) electrons. The standard InChI is InChI=1S/C27H20NO3/c29-28(30)18-25-21-14-9-17-22(21)26(19-10-3-1-4-11-19)23-15-7-8-16-24(23)27(25,31-26)20-12-5-2-6-13-20/h1-17,25H,18H2/t25-,26-,27-/m0/s1. The van der Waals surface area contributed by atoms with Crippen LogP contribution in [0.25, 0.3) is 0 Å². The minimum absolute atomic E-state index is 0.203. The molecular weight excluding hydrogens is 386 g/mol. The Bertz CT molecular complexity index is 1130. The van der Waals surface area contributed by atoms with Gasteiger partial charge in [0.05, 0.1) is 5.92 Å². The van der Waals surface area contributed by atoms with E-state index in [9.17, 15) is 10.1 Å². The van der Waals surface area contributed by atoms with Crippen LogP contribution in [0.15, 0.2) is 84.9 Å². The Labute approximate surface area is 182 Å². The minimum Gasteiger partial charge on any atom is -0.348 e. The van der Waals surface area contributed by atoms with Crippen molar-refractivity contribution in [1.82, 2.24) is 0 Å². The summed E-state index contributed by atoms with van der Waals surface area (Å²) in [7, 11) is 0. The lowest BCUT2D eigenvalue weighted by molar-refractivity contribution is -0.493. The lowest BCUT2D eigenvalue weighted by Crippen LogP contribution is -2.53. The van der Waals surface area contributed by atoms with Gasteiger partial charge in [-0.3, -0.25) is 10.1 Å². The van der Waals surface area contributed by atoms with Crippen molar-refractivity contribution in [3.05, 3.63) is 148 Å². The zero-order valence-corrected chi connectivity index (χ0v) is 16.8. The highest BCUT2D eigenvalue weighted by atomic mass is 16.6. The molecule has 4 heteroatoms. The van der Waals surface area contributed by atoms with E-state index in [-0.39, 0.29) is 11.5 Å². The lowest BCUT2D eigenvalue weighted by atomic mass is 9.64. The Morgan fingerprint density at radius 3 is 2.10 bits per heavy atom. The maximum Gasteiger partial charge on any atom is 0.210 e. The van der Waals surface area contributed by atoms with Crippen molar-refractivity contribution in [1.29, 1.82) is 0 Å². The second-order valence-corrected chi connectivity index (χ2v) is 8.26. The van der Waals surface area contributed by atoms with Crippen LogP contribution in [-0.4, -0.2) is 11.5 Å². The molecular formula is C27H20NO3. The van der Waals surface area contributed by atoms with Gasteiger partial charge >= 0.3 is 0 Å². The van der Waals surface area contributed by atoms with E-state index < -0.39 is 17.1 Å². The topological polar surface area (TPSA) is 52.4 Å². The Balaban J connectivity index is 1.70. The molecule has 1 saturated heterocycles. The van der Waals surface area contributed by atoms with E-state index in [0.29, 0.717) is 0 Å². The number of nitrogens with zero attached hydrogens (tertiary/aromatic N) is 1. The van der Waals surface area contributed by atoms with Gasteiger partial charge in [0.2, 0.25) is 6.54 Å². The van der Waals surface area contributed by atoms with Gasteiger partial charge in [-0.25, -0.2) is 0 Å². The van der Waals surface area contributed by atoms with Crippen molar-refractivity contribution in [3.63, 3.8) is 0 Å². The number of fused-ring (bicyclic) bond motifs is 7. The van der Waals surface area contributed by atoms with Crippen LogP contribution in [0.2, 0.25) is 0 Å². The average molecular weight is 406 g/mol. The highest BCUT2D eigenvalue weighted by Crippen LogP contribution is 2.70. The second-order valence-electron chi connectivity index (χ2n) is 8.26. The molecule has 0 unspecified atom stereocenters. The molecule has 6 rings (SSSR count). The molecule has 0 aromatic heterocycles. The zero-order chi connectivity index (χ0) is 21.1. The van der Waals surface area contributed by atoms with Crippen molar-refractivity contribution >= 4 is 0 Å². The van der Waals surface area contributed by atoms with Gasteiger partial charge in [-0.2, -0.15) is 0 Å². The summed E-state index contributed by atoms with van der Waals surface area (Å²) in [4.78, 5) is 11.6. The van der Waals surface area contributed by atoms with E-state index in [1.807, 2.05) is 73.5 Å². The molecule has 3 atom stereocenters. The summed E-state index contributed by atoms with van der Waals surface area (Å²) in [6.45, 7) is -0.203. The first-order chi connectivity index (χ1) is 15.2. The van der Waals surface area contributed by atoms with Crippen molar-refractivity contribution in [3.8, 4) is 0 Å². The Morgan fingerprint density at radius 1 is 0.806 bits per heavy atom. The third-order valence-electron chi connectivity index (χ3n) is 6.83. The van der Waals surface area contributed by atoms with Gasteiger partial charge in [-0.1, -0.05) is 84.9 Å². The number of rotatable bonds is 4. The van der Waals surface area contributed by atoms with E-state index in [2.05, 4.69) is 30.7 Å². The molecule has 1 aliphatic carbocycles. The molecule has 0 amide bonds. The molecule has 2 bridgehead atoms. The number of nitro groups is 1. The van der Waals surface area contributed by atoms with E-state index in [1.165, 1.54) is 0 Å². The zero-order valence-electron chi connectivity index (χ0n) is 16.8. The van der Waals surface area contributed by atoms with Gasteiger partial charge in [0.1, 0.15) is 11.2 Å². The van der Waals surface area contributed by atoms with E-state index in [1.54, 1.807) is 0 Å². The Hall–Kier alpha value is -2.98. The second kappa shape index (κ2) is 6.76. The summed E-state index contributed by atoms with van der Waals surface area (Å²) in [6.07, 6.45) is 6.09. The largest absolute Gasteiger partial charge is 0.348 e. The SMILES string of the molecule is O=[N+]([O-])C[C@H]1[C]2[CH][CH][CH][C]2[C@]2(c3ccccc3)O[C@@]1(c1ccccc1)c1ccccc12. The summed E-state index contributed by atoms with van der Waals surface area (Å²) in [5.74, 6) is 1.56.